The van der Waals surface area contributed by atoms with Crippen molar-refractivity contribution in [1.82, 2.24) is 10.6 Å². The van der Waals surface area contributed by atoms with Crippen LogP contribution in [0.25, 0.3) is 0 Å². The quantitative estimate of drug-likeness (QED) is 0.582. The van der Waals surface area contributed by atoms with Gasteiger partial charge in [0, 0.05) is 12.1 Å². The van der Waals surface area contributed by atoms with E-state index < -0.39 is 0 Å². The molecule has 0 atom stereocenters. The molecule has 0 aliphatic rings. The summed E-state index contributed by atoms with van der Waals surface area (Å²) in [6.45, 7) is 5.37. The standard InChI is InChI=1S/C20H24N2O2S/c1-3-4-12-24-18-7-5-6-17(13-18)19(23)22-20(25)21-14-16-10-8-15(2)9-11-16/h5-11,13H,3-4,12,14H2,1-2H3,(H2,21,22,23,25). The molecule has 1 amide bonds. The Balaban J connectivity index is 1.84. The number of amides is 1. The van der Waals surface area contributed by atoms with Crippen molar-refractivity contribution in [1.29, 1.82) is 0 Å². The Morgan fingerprint density at radius 3 is 2.64 bits per heavy atom. The molecule has 2 rings (SSSR count). The lowest BCUT2D eigenvalue weighted by molar-refractivity contribution is 0.0976. The first-order valence-electron chi connectivity index (χ1n) is 8.46. The minimum atomic E-state index is -0.248. The van der Waals surface area contributed by atoms with Crippen LogP contribution in [0.2, 0.25) is 0 Å². The Labute approximate surface area is 154 Å². The topological polar surface area (TPSA) is 50.4 Å². The predicted molar refractivity (Wildman–Crippen MR) is 105 cm³/mol. The van der Waals surface area contributed by atoms with Crippen molar-refractivity contribution in [3.8, 4) is 5.75 Å². The normalized spacial score (nSPS) is 10.2. The van der Waals surface area contributed by atoms with E-state index in [-0.39, 0.29) is 5.91 Å². The highest BCUT2D eigenvalue weighted by atomic mass is 32.1. The van der Waals surface area contributed by atoms with Gasteiger partial charge in [-0.25, -0.2) is 0 Å². The van der Waals surface area contributed by atoms with Gasteiger partial charge in [-0.1, -0.05) is 49.2 Å². The lowest BCUT2D eigenvalue weighted by atomic mass is 10.1. The summed E-state index contributed by atoms with van der Waals surface area (Å²) in [7, 11) is 0. The molecule has 0 saturated heterocycles. The summed E-state index contributed by atoms with van der Waals surface area (Å²) in [4.78, 5) is 12.3. The number of hydrogen-bond donors (Lipinski definition) is 2. The van der Waals surface area contributed by atoms with E-state index in [1.54, 1.807) is 18.2 Å². The van der Waals surface area contributed by atoms with Crippen molar-refractivity contribution in [3.05, 3.63) is 65.2 Å². The number of nitrogens with one attached hydrogen (secondary N) is 2. The van der Waals surface area contributed by atoms with E-state index in [1.165, 1.54) is 5.56 Å². The largest absolute Gasteiger partial charge is 0.494 e. The third-order valence-corrected chi connectivity index (χ3v) is 3.91. The van der Waals surface area contributed by atoms with Gasteiger partial charge in [-0.3, -0.25) is 10.1 Å². The monoisotopic (exact) mass is 356 g/mol. The molecule has 132 valence electrons. The van der Waals surface area contributed by atoms with Crippen LogP contribution in [-0.4, -0.2) is 17.6 Å². The third kappa shape index (κ3) is 6.55. The molecule has 2 N–H and O–H groups in total. The molecule has 0 spiro atoms. The van der Waals surface area contributed by atoms with Crippen LogP contribution >= 0.6 is 12.2 Å². The van der Waals surface area contributed by atoms with Crippen molar-refractivity contribution < 1.29 is 9.53 Å². The molecule has 0 bridgehead atoms. The number of unbranched alkanes of at least 4 members (excludes halogenated alkanes) is 1. The minimum absolute atomic E-state index is 0.248. The van der Waals surface area contributed by atoms with Gasteiger partial charge in [0.05, 0.1) is 6.61 Å². The summed E-state index contributed by atoms with van der Waals surface area (Å²) in [5, 5.41) is 6.05. The van der Waals surface area contributed by atoms with E-state index in [2.05, 4.69) is 17.6 Å². The van der Waals surface area contributed by atoms with Crippen LogP contribution in [0.3, 0.4) is 0 Å². The van der Waals surface area contributed by atoms with E-state index in [0.717, 1.165) is 18.4 Å². The van der Waals surface area contributed by atoms with Crippen molar-refractivity contribution in [2.75, 3.05) is 6.61 Å². The Morgan fingerprint density at radius 1 is 1.16 bits per heavy atom. The first-order chi connectivity index (χ1) is 12.1. The summed E-state index contributed by atoms with van der Waals surface area (Å²) < 4.78 is 5.63. The van der Waals surface area contributed by atoms with E-state index >= 15 is 0 Å². The predicted octanol–water partition coefficient (Wildman–Crippen LogP) is 3.98. The number of thiocarbonyl (C=S) groups is 1. The van der Waals surface area contributed by atoms with E-state index in [0.29, 0.717) is 29.6 Å². The molecule has 2 aromatic carbocycles. The first-order valence-corrected chi connectivity index (χ1v) is 8.87. The van der Waals surface area contributed by atoms with Crippen LogP contribution in [0.4, 0.5) is 0 Å². The molecule has 0 saturated carbocycles. The van der Waals surface area contributed by atoms with Crippen LogP contribution < -0.4 is 15.4 Å². The van der Waals surface area contributed by atoms with Gasteiger partial charge < -0.3 is 10.1 Å². The number of hydrogen-bond acceptors (Lipinski definition) is 3. The number of ether oxygens (including phenoxy) is 1. The molecule has 0 aliphatic carbocycles. The van der Waals surface area contributed by atoms with Crippen molar-refractivity contribution in [2.45, 2.75) is 33.2 Å². The molecule has 0 aliphatic heterocycles. The second kappa shape index (κ2) is 9.79. The molecule has 0 fully saturated rings. The average molecular weight is 356 g/mol. The van der Waals surface area contributed by atoms with Gasteiger partial charge in [0.1, 0.15) is 5.75 Å². The average Bonchev–Trinajstić information content (AvgIpc) is 2.62. The summed E-state index contributed by atoms with van der Waals surface area (Å²) in [6, 6.07) is 15.3. The molecule has 0 radical (unpaired) electrons. The van der Waals surface area contributed by atoms with Gasteiger partial charge in [0.2, 0.25) is 0 Å². The van der Waals surface area contributed by atoms with Gasteiger partial charge in [-0.15, -0.1) is 0 Å². The van der Waals surface area contributed by atoms with Crippen molar-refractivity contribution in [2.24, 2.45) is 0 Å². The van der Waals surface area contributed by atoms with Gasteiger partial charge in [-0.2, -0.15) is 0 Å². The van der Waals surface area contributed by atoms with Gasteiger partial charge in [-0.05, 0) is 49.3 Å². The fraction of sp³-hybridized carbons (Fsp3) is 0.300. The van der Waals surface area contributed by atoms with Crippen LogP contribution in [0, 0.1) is 6.92 Å². The molecule has 2 aromatic rings. The maximum Gasteiger partial charge on any atom is 0.257 e. The number of rotatable bonds is 7. The summed E-state index contributed by atoms with van der Waals surface area (Å²) in [6.07, 6.45) is 2.06. The number of carbonyl (C=O) groups excluding carboxylic acids is 1. The number of benzene rings is 2. The third-order valence-electron chi connectivity index (χ3n) is 3.66. The fourth-order valence-electron chi connectivity index (χ4n) is 2.17. The molecular weight excluding hydrogens is 332 g/mol. The van der Waals surface area contributed by atoms with Crippen LogP contribution in [0.15, 0.2) is 48.5 Å². The van der Waals surface area contributed by atoms with E-state index in [9.17, 15) is 4.79 Å². The Kier molecular flexibility index (Phi) is 7.41. The molecule has 0 heterocycles. The number of aryl methyl sites for hydroxylation is 1. The summed E-state index contributed by atoms with van der Waals surface area (Å²) in [5.41, 5.74) is 2.84. The van der Waals surface area contributed by atoms with Crippen LogP contribution in [-0.2, 0) is 6.54 Å². The highest BCUT2D eigenvalue weighted by Crippen LogP contribution is 2.13. The Morgan fingerprint density at radius 2 is 1.92 bits per heavy atom. The zero-order valence-corrected chi connectivity index (χ0v) is 15.5. The van der Waals surface area contributed by atoms with Gasteiger partial charge in [0.25, 0.3) is 5.91 Å². The van der Waals surface area contributed by atoms with E-state index in [1.807, 2.05) is 37.3 Å². The second-order valence-electron chi connectivity index (χ2n) is 5.85. The minimum Gasteiger partial charge on any atom is -0.494 e. The molecule has 25 heavy (non-hydrogen) atoms. The maximum atomic E-state index is 12.3. The highest BCUT2D eigenvalue weighted by Gasteiger charge is 2.09. The molecule has 0 aromatic heterocycles. The lowest BCUT2D eigenvalue weighted by Crippen LogP contribution is -2.38. The van der Waals surface area contributed by atoms with Crippen molar-refractivity contribution >= 4 is 23.2 Å². The summed E-state index contributed by atoms with van der Waals surface area (Å²) >= 11 is 5.20. The van der Waals surface area contributed by atoms with Crippen LogP contribution in [0.5, 0.6) is 5.75 Å². The fourth-order valence-corrected chi connectivity index (χ4v) is 2.33. The zero-order valence-electron chi connectivity index (χ0n) is 14.7. The van der Waals surface area contributed by atoms with Gasteiger partial charge >= 0.3 is 0 Å². The van der Waals surface area contributed by atoms with Gasteiger partial charge in [0.15, 0.2) is 5.11 Å². The van der Waals surface area contributed by atoms with Crippen LogP contribution in [0.1, 0.15) is 41.3 Å². The zero-order chi connectivity index (χ0) is 18.1. The molecule has 0 unspecified atom stereocenters. The highest BCUT2D eigenvalue weighted by molar-refractivity contribution is 7.80. The maximum absolute atomic E-state index is 12.3. The van der Waals surface area contributed by atoms with Crippen molar-refractivity contribution in [3.63, 3.8) is 0 Å². The SMILES string of the molecule is CCCCOc1cccc(C(=O)NC(=S)NCc2ccc(C)cc2)c1. The smallest absolute Gasteiger partial charge is 0.257 e. The molecular formula is C20H24N2O2S. The Hall–Kier alpha value is -2.40. The van der Waals surface area contributed by atoms with E-state index in [4.69, 9.17) is 17.0 Å². The Bertz CT molecular complexity index is 714. The summed E-state index contributed by atoms with van der Waals surface area (Å²) in [5.74, 6) is 0.446. The lowest BCUT2D eigenvalue weighted by Gasteiger charge is -2.11. The first kappa shape index (κ1) is 18.9. The molecule has 4 nitrogen and oxygen atoms in total. The number of carbonyl (C=O) groups is 1. The second-order valence-corrected chi connectivity index (χ2v) is 6.26. The molecule has 5 heteroatoms.